The van der Waals surface area contributed by atoms with Crippen molar-refractivity contribution in [2.45, 2.75) is 45.3 Å². The molecule has 3 rings (SSSR count). The van der Waals surface area contributed by atoms with E-state index in [4.69, 9.17) is 4.99 Å². The zero-order chi connectivity index (χ0) is 17.6. The zero-order valence-electron chi connectivity index (χ0n) is 15.6. The quantitative estimate of drug-likeness (QED) is 0.635. The Morgan fingerprint density at radius 2 is 1.96 bits per heavy atom. The van der Waals surface area contributed by atoms with Gasteiger partial charge in [0.2, 0.25) is 0 Å². The van der Waals surface area contributed by atoms with E-state index < -0.39 is 6.10 Å². The largest absolute Gasteiger partial charge is 0.386 e. The SMILES string of the molecule is CCNC(=NCC(O)c1ccc(C)cc1)N1CCC(N2CCCC2)C1. The highest BCUT2D eigenvalue weighted by atomic mass is 16.3. The molecular weight excluding hydrogens is 312 g/mol. The Bertz CT molecular complexity index is 566. The minimum atomic E-state index is -0.550. The first-order valence-corrected chi connectivity index (χ1v) is 9.69. The summed E-state index contributed by atoms with van der Waals surface area (Å²) in [4.78, 5) is 9.70. The average Bonchev–Trinajstić information content (AvgIpc) is 3.30. The molecule has 1 aromatic carbocycles. The van der Waals surface area contributed by atoms with Gasteiger partial charge in [0.25, 0.3) is 0 Å². The number of guanidine groups is 1. The predicted octanol–water partition coefficient (Wildman–Crippen LogP) is 2.16. The standard InChI is InChI=1S/C20H32N4O/c1-3-21-20(22-14-19(25)17-8-6-16(2)7-9-17)24-13-10-18(15-24)23-11-4-5-12-23/h6-9,18-19,25H,3-5,10-15H2,1-2H3,(H,21,22). The molecule has 5 heteroatoms. The lowest BCUT2D eigenvalue weighted by Gasteiger charge is -2.25. The van der Waals surface area contributed by atoms with Gasteiger partial charge in [0.15, 0.2) is 5.96 Å². The molecule has 2 aliphatic heterocycles. The van der Waals surface area contributed by atoms with Gasteiger partial charge in [-0.05, 0) is 51.8 Å². The lowest BCUT2D eigenvalue weighted by atomic mass is 10.1. The van der Waals surface area contributed by atoms with E-state index in [0.717, 1.165) is 31.2 Å². The molecule has 25 heavy (non-hydrogen) atoms. The number of nitrogens with one attached hydrogen (secondary N) is 1. The third-order valence-electron chi connectivity index (χ3n) is 5.33. The fraction of sp³-hybridized carbons (Fsp3) is 0.650. The number of likely N-dealkylation sites (tertiary alicyclic amines) is 2. The van der Waals surface area contributed by atoms with Crippen molar-refractivity contribution in [1.82, 2.24) is 15.1 Å². The van der Waals surface area contributed by atoms with Crippen LogP contribution in [0.5, 0.6) is 0 Å². The molecule has 138 valence electrons. The van der Waals surface area contributed by atoms with Crippen molar-refractivity contribution < 1.29 is 5.11 Å². The van der Waals surface area contributed by atoms with E-state index in [9.17, 15) is 5.11 Å². The smallest absolute Gasteiger partial charge is 0.194 e. The molecule has 2 saturated heterocycles. The lowest BCUT2D eigenvalue weighted by Crippen LogP contribution is -2.43. The van der Waals surface area contributed by atoms with E-state index in [0.29, 0.717) is 12.6 Å². The number of aryl methyl sites for hydroxylation is 1. The highest BCUT2D eigenvalue weighted by molar-refractivity contribution is 5.80. The Kier molecular flexibility index (Phi) is 6.32. The number of rotatable bonds is 5. The van der Waals surface area contributed by atoms with Gasteiger partial charge in [-0.2, -0.15) is 0 Å². The van der Waals surface area contributed by atoms with Gasteiger partial charge >= 0.3 is 0 Å². The van der Waals surface area contributed by atoms with E-state index in [1.165, 1.54) is 37.9 Å². The first kappa shape index (κ1) is 18.2. The highest BCUT2D eigenvalue weighted by Crippen LogP contribution is 2.21. The molecule has 0 aromatic heterocycles. The van der Waals surface area contributed by atoms with Crippen molar-refractivity contribution in [2.24, 2.45) is 4.99 Å². The van der Waals surface area contributed by atoms with E-state index in [-0.39, 0.29) is 0 Å². The summed E-state index contributed by atoms with van der Waals surface area (Å²) in [6.45, 7) is 10.00. The molecule has 2 N–H and O–H groups in total. The predicted molar refractivity (Wildman–Crippen MR) is 103 cm³/mol. The minimum Gasteiger partial charge on any atom is -0.386 e. The van der Waals surface area contributed by atoms with Gasteiger partial charge in [0, 0.05) is 25.7 Å². The molecule has 2 unspecified atom stereocenters. The second-order valence-electron chi connectivity index (χ2n) is 7.25. The Hall–Kier alpha value is -1.59. The third kappa shape index (κ3) is 4.73. The normalized spacial score (nSPS) is 23.2. The molecule has 0 spiro atoms. The van der Waals surface area contributed by atoms with Crippen LogP contribution in [0, 0.1) is 6.92 Å². The first-order valence-electron chi connectivity index (χ1n) is 9.69. The number of hydrogen-bond acceptors (Lipinski definition) is 3. The van der Waals surface area contributed by atoms with Crippen molar-refractivity contribution in [3.05, 3.63) is 35.4 Å². The van der Waals surface area contributed by atoms with Gasteiger partial charge in [0.05, 0.1) is 12.6 Å². The summed E-state index contributed by atoms with van der Waals surface area (Å²) in [5.74, 6) is 0.940. The summed E-state index contributed by atoms with van der Waals surface area (Å²) in [6, 6.07) is 8.71. The van der Waals surface area contributed by atoms with Crippen LogP contribution in [0.15, 0.2) is 29.3 Å². The van der Waals surface area contributed by atoms with Crippen LogP contribution >= 0.6 is 0 Å². The molecule has 0 amide bonds. The highest BCUT2D eigenvalue weighted by Gasteiger charge is 2.30. The molecule has 0 radical (unpaired) electrons. The molecule has 2 fully saturated rings. The molecule has 0 aliphatic carbocycles. The maximum absolute atomic E-state index is 10.4. The molecular formula is C20H32N4O. The van der Waals surface area contributed by atoms with Gasteiger partial charge in [-0.3, -0.25) is 9.89 Å². The fourth-order valence-corrected chi connectivity index (χ4v) is 3.83. The van der Waals surface area contributed by atoms with Crippen molar-refractivity contribution in [3.8, 4) is 0 Å². The number of aliphatic imine (C=N–C) groups is 1. The van der Waals surface area contributed by atoms with Gasteiger partial charge in [-0.25, -0.2) is 0 Å². The van der Waals surface area contributed by atoms with Crippen LogP contribution in [-0.4, -0.2) is 66.2 Å². The summed E-state index contributed by atoms with van der Waals surface area (Å²) in [6.07, 6.45) is 3.34. The van der Waals surface area contributed by atoms with Crippen LogP contribution in [0.25, 0.3) is 0 Å². The van der Waals surface area contributed by atoms with Crippen LogP contribution in [0.2, 0.25) is 0 Å². The number of aliphatic hydroxyl groups excluding tert-OH is 1. The van der Waals surface area contributed by atoms with Gasteiger partial charge in [-0.15, -0.1) is 0 Å². The Morgan fingerprint density at radius 1 is 1.24 bits per heavy atom. The number of hydrogen-bond donors (Lipinski definition) is 2. The van der Waals surface area contributed by atoms with Crippen LogP contribution in [0.1, 0.15) is 43.4 Å². The number of aliphatic hydroxyl groups is 1. The molecule has 0 saturated carbocycles. The lowest BCUT2D eigenvalue weighted by molar-refractivity contribution is 0.186. The minimum absolute atomic E-state index is 0.399. The second kappa shape index (κ2) is 8.68. The van der Waals surface area contributed by atoms with Gasteiger partial charge in [0.1, 0.15) is 0 Å². The van der Waals surface area contributed by atoms with Gasteiger partial charge in [-0.1, -0.05) is 29.8 Å². The van der Waals surface area contributed by atoms with Crippen LogP contribution in [0.4, 0.5) is 0 Å². The second-order valence-corrected chi connectivity index (χ2v) is 7.25. The first-order chi connectivity index (χ1) is 12.2. The molecule has 2 aliphatic rings. The van der Waals surface area contributed by atoms with E-state index in [2.05, 4.69) is 29.0 Å². The summed E-state index contributed by atoms with van der Waals surface area (Å²) in [5.41, 5.74) is 2.14. The maximum Gasteiger partial charge on any atom is 0.194 e. The topological polar surface area (TPSA) is 51.1 Å². The molecule has 0 bridgehead atoms. The molecule has 2 heterocycles. The Balaban J connectivity index is 1.60. The van der Waals surface area contributed by atoms with Crippen LogP contribution < -0.4 is 5.32 Å². The van der Waals surface area contributed by atoms with Crippen molar-refractivity contribution >= 4 is 5.96 Å². The molecule has 2 atom stereocenters. The van der Waals surface area contributed by atoms with Crippen molar-refractivity contribution in [3.63, 3.8) is 0 Å². The van der Waals surface area contributed by atoms with Crippen LogP contribution in [0.3, 0.4) is 0 Å². The fourth-order valence-electron chi connectivity index (χ4n) is 3.83. The summed E-state index contributed by atoms with van der Waals surface area (Å²) in [5, 5.41) is 13.8. The maximum atomic E-state index is 10.4. The third-order valence-corrected chi connectivity index (χ3v) is 5.33. The monoisotopic (exact) mass is 344 g/mol. The summed E-state index contributed by atoms with van der Waals surface area (Å²) in [7, 11) is 0. The van der Waals surface area contributed by atoms with Gasteiger partial charge < -0.3 is 15.3 Å². The summed E-state index contributed by atoms with van der Waals surface area (Å²) >= 11 is 0. The number of nitrogens with zero attached hydrogens (tertiary/aromatic N) is 3. The van der Waals surface area contributed by atoms with E-state index in [1.807, 2.05) is 24.3 Å². The number of benzene rings is 1. The van der Waals surface area contributed by atoms with Crippen molar-refractivity contribution in [1.29, 1.82) is 0 Å². The van der Waals surface area contributed by atoms with E-state index in [1.54, 1.807) is 0 Å². The average molecular weight is 345 g/mol. The molecule has 1 aromatic rings. The zero-order valence-corrected chi connectivity index (χ0v) is 15.6. The van der Waals surface area contributed by atoms with E-state index >= 15 is 0 Å². The molecule has 5 nitrogen and oxygen atoms in total. The Morgan fingerprint density at radius 3 is 2.64 bits per heavy atom. The summed E-state index contributed by atoms with van der Waals surface area (Å²) < 4.78 is 0. The van der Waals surface area contributed by atoms with Crippen LogP contribution in [-0.2, 0) is 0 Å². The Labute approximate surface area is 151 Å². The van der Waals surface area contributed by atoms with Crippen molar-refractivity contribution in [2.75, 3.05) is 39.3 Å².